The van der Waals surface area contributed by atoms with E-state index in [0.29, 0.717) is 23.7 Å². The first-order chi connectivity index (χ1) is 9.70. The third kappa shape index (κ3) is 3.55. The number of hydrogen-bond acceptors (Lipinski definition) is 4. The second kappa shape index (κ2) is 6.68. The maximum absolute atomic E-state index is 11.0. The lowest BCUT2D eigenvalue weighted by Gasteiger charge is -2.10. The van der Waals surface area contributed by atoms with E-state index in [-0.39, 0.29) is 0 Å². The molecule has 5 nitrogen and oxygen atoms in total. The maximum atomic E-state index is 11.0. The van der Waals surface area contributed by atoms with E-state index in [9.17, 15) is 4.79 Å². The number of nitrogens with one attached hydrogen (secondary N) is 1. The molecule has 0 aliphatic carbocycles. The van der Waals surface area contributed by atoms with E-state index in [2.05, 4.69) is 10.3 Å². The van der Waals surface area contributed by atoms with Crippen LogP contribution < -0.4 is 15.8 Å². The van der Waals surface area contributed by atoms with E-state index in [0.717, 1.165) is 12.1 Å². The molecule has 0 aliphatic rings. The number of hydrogen-bond donors (Lipinski definition) is 2. The minimum atomic E-state index is -0.456. The van der Waals surface area contributed by atoms with Crippen molar-refractivity contribution in [2.75, 3.05) is 6.54 Å². The Morgan fingerprint density at radius 2 is 2.05 bits per heavy atom. The number of rotatable bonds is 6. The summed E-state index contributed by atoms with van der Waals surface area (Å²) in [6.07, 6.45) is 1.68. The monoisotopic (exact) mass is 271 g/mol. The number of ether oxygens (including phenoxy) is 1. The van der Waals surface area contributed by atoms with Crippen molar-refractivity contribution in [2.24, 2.45) is 5.73 Å². The number of pyridine rings is 1. The van der Waals surface area contributed by atoms with Gasteiger partial charge in [-0.25, -0.2) is 4.98 Å². The van der Waals surface area contributed by atoms with Gasteiger partial charge in [0, 0.05) is 23.9 Å². The number of benzene rings is 1. The average molecular weight is 271 g/mol. The van der Waals surface area contributed by atoms with Gasteiger partial charge in [-0.05, 0) is 36.9 Å². The molecule has 0 radical (unpaired) electrons. The highest BCUT2D eigenvalue weighted by atomic mass is 16.5. The van der Waals surface area contributed by atoms with Gasteiger partial charge in [-0.3, -0.25) is 4.79 Å². The molecule has 0 unspecified atom stereocenters. The smallest absolute Gasteiger partial charge is 0.248 e. The number of nitrogens with zero attached hydrogens (tertiary/aromatic N) is 1. The number of primary amides is 1. The first-order valence-electron chi connectivity index (χ1n) is 6.43. The SMILES string of the molecule is CCNCc1cccnc1Oc1ccc(C(N)=O)cc1. The highest BCUT2D eigenvalue weighted by Crippen LogP contribution is 2.23. The summed E-state index contributed by atoms with van der Waals surface area (Å²) in [5.74, 6) is 0.717. The molecule has 104 valence electrons. The van der Waals surface area contributed by atoms with Gasteiger partial charge >= 0.3 is 0 Å². The van der Waals surface area contributed by atoms with E-state index >= 15 is 0 Å². The Kier molecular flexibility index (Phi) is 4.68. The van der Waals surface area contributed by atoms with Crippen LogP contribution in [0.2, 0.25) is 0 Å². The molecule has 0 fully saturated rings. The van der Waals surface area contributed by atoms with Crippen molar-refractivity contribution >= 4 is 5.91 Å². The number of aromatic nitrogens is 1. The van der Waals surface area contributed by atoms with Crippen LogP contribution in [0.1, 0.15) is 22.8 Å². The van der Waals surface area contributed by atoms with Gasteiger partial charge in [-0.1, -0.05) is 13.0 Å². The first kappa shape index (κ1) is 14.0. The molecule has 0 bridgehead atoms. The Labute approximate surface area is 117 Å². The van der Waals surface area contributed by atoms with Crippen molar-refractivity contribution in [2.45, 2.75) is 13.5 Å². The zero-order valence-corrected chi connectivity index (χ0v) is 11.3. The standard InChI is InChI=1S/C15H17N3O2/c1-2-17-10-12-4-3-9-18-15(12)20-13-7-5-11(6-8-13)14(16)19/h3-9,17H,2,10H2,1H3,(H2,16,19). The van der Waals surface area contributed by atoms with Crippen LogP contribution in [0.5, 0.6) is 11.6 Å². The molecule has 0 aliphatic heterocycles. The molecule has 0 atom stereocenters. The Hall–Kier alpha value is -2.40. The van der Waals surface area contributed by atoms with Crippen LogP contribution in [0, 0.1) is 0 Å². The summed E-state index contributed by atoms with van der Waals surface area (Å²) in [4.78, 5) is 15.2. The fraction of sp³-hybridized carbons (Fsp3) is 0.200. The molecule has 2 rings (SSSR count). The van der Waals surface area contributed by atoms with E-state index in [4.69, 9.17) is 10.5 Å². The van der Waals surface area contributed by atoms with Crippen molar-refractivity contribution in [3.8, 4) is 11.6 Å². The molecule has 1 aromatic heterocycles. The van der Waals surface area contributed by atoms with Crippen LogP contribution in [-0.2, 0) is 6.54 Å². The minimum Gasteiger partial charge on any atom is -0.439 e. The van der Waals surface area contributed by atoms with Crippen molar-refractivity contribution in [3.63, 3.8) is 0 Å². The van der Waals surface area contributed by atoms with Gasteiger partial charge in [0.15, 0.2) is 0 Å². The number of amides is 1. The van der Waals surface area contributed by atoms with Crippen LogP contribution in [0.25, 0.3) is 0 Å². The van der Waals surface area contributed by atoms with Crippen LogP contribution in [0.15, 0.2) is 42.6 Å². The lowest BCUT2D eigenvalue weighted by atomic mass is 10.2. The van der Waals surface area contributed by atoms with Gasteiger partial charge < -0.3 is 15.8 Å². The predicted molar refractivity (Wildman–Crippen MR) is 76.7 cm³/mol. The summed E-state index contributed by atoms with van der Waals surface area (Å²) in [5.41, 5.74) is 6.63. The summed E-state index contributed by atoms with van der Waals surface area (Å²) in [7, 11) is 0. The van der Waals surface area contributed by atoms with E-state index in [1.807, 2.05) is 19.1 Å². The molecule has 1 aromatic carbocycles. The molecule has 1 heterocycles. The molecule has 20 heavy (non-hydrogen) atoms. The largest absolute Gasteiger partial charge is 0.439 e. The predicted octanol–water partition coefficient (Wildman–Crippen LogP) is 2.08. The van der Waals surface area contributed by atoms with Gasteiger partial charge in [0.1, 0.15) is 5.75 Å². The Morgan fingerprint density at radius 1 is 1.30 bits per heavy atom. The molecule has 0 saturated carbocycles. The highest BCUT2D eigenvalue weighted by Gasteiger charge is 2.06. The number of carbonyl (C=O) groups is 1. The van der Waals surface area contributed by atoms with Crippen molar-refractivity contribution < 1.29 is 9.53 Å². The molecular formula is C15H17N3O2. The summed E-state index contributed by atoms with van der Waals surface area (Å²) in [6.45, 7) is 3.61. The normalized spacial score (nSPS) is 10.2. The lowest BCUT2D eigenvalue weighted by molar-refractivity contribution is 0.100. The maximum Gasteiger partial charge on any atom is 0.248 e. The lowest BCUT2D eigenvalue weighted by Crippen LogP contribution is -2.12. The number of nitrogens with two attached hydrogens (primary N) is 1. The fourth-order valence-corrected chi connectivity index (χ4v) is 1.71. The topological polar surface area (TPSA) is 77.2 Å². The molecular weight excluding hydrogens is 254 g/mol. The summed E-state index contributed by atoms with van der Waals surface area (Å²) < 4.78 is 5.74. The Balaban J connectivity index is 2.14. The van der Waals surface area contributed by atoms with Gasteiger partial charge in [0.2, 0.25) is 11.8 Å². The first-order valence-corrected chi connectivity index (χ1v) is 6.43. The van der Waals surface area contributed by atoms with Crippen molar-refractivity contribution in [1.29, 1.82) is 0 Å². The highest BCUT2D eigenvalue weighted by molar-refractivity contribution is 5.92. The van der Waals surface area contributed by atoms with Crippen LogP contribution in [0.3, 0.4) is 0 Å². The van der Waals surface area contributed by atoms with Crippen LogP contribution in [-0.4, -0.2) is 17.4 Å². The van der Waals surface area contributed by atoms with Crippen LogP contribution >= 0.6 is 0 Å². The second-order valence-electron chi connectivity index (χ2n) is 4.24. The molecule has 1 amide bonds. The molecule has 0 spiro atoms. The van der Waals surface area contributed by atoms with E-state index < -0.39 is 5.91 Å². The second-order valence-corrected chi connectivity index (χ2v) is 4.24. The summed E-state index contributed by atoms with van der Waals surface area (Å²) in [6, 6.07) is 10.5. The summed E-state index contributed by atoms with van der Waals surface area (Å²) in [5, 5.41) is 3.23. The van der Waals surface area contributed by atoms with Gasteiger partial charge in [0.05, 0.1) is 0 Å². The van der Waals surface area contributed by atoms with Crippen molar-refractivity contribution in [1.82, 2.24) is 10.3 Å². The van der Waals surface area contributed by atoms with E-state index in [1.165, 1.54) is 0 Å². The molecule has 0 saturated heterocycles. The van der Waals surface area contributed by atoms with Gasteiger partial charge in [-0.15, -0.1) is 0 Å². The number of carbonyl (C=O) groups excluding carboxylic acids is 1. The third-order valence-corrected chi connectivity index (χ3v) is 2.77. The minimum absolute atomic E-state index is 0.450. The average Bonchev–Trinajstić information content (AvgIpc) is 2.47. The quantitative estimate of drug-likeness (QED) is 0.843. The Bertz CT molecular complexity index is 582. The van der Waals surface area contributed by atoms with E-state index in [1.54, 1.807) is 30.5 Å². The molecule has 3 N–H and O–H groups in total. The molecule has 5 heteroatoms. The van der Waals surface area contributed by atoms with Crippen molar-refractivity contribution in [3.05, 3.63) is 53.7 Å². The van der Waals surface area contributed by atoms with Crippen LogP contribution in [0.4, 0.5) is 0 Å². The molecule has 2 aromatic rings. The van der Waals surface area contributed by atoms with Gasteiger partial charge in [-0.2, -0.15) is 0 Å². The Morgan fingerprint density at radius 3 is 2.70 bits per heavy atom. The fourth-order valence-electron chi connectivity index (χ4n) is 1.71. The zero-order valence-electron chi connectivity index (χ0n) is 11.3. The third-order valence-electron chi connectivity index (χ3n) is 2.77. The summed E-state index contributed by atoms with van der Waals surface area (Å²) >= 11 is 0. The van der Waals surface area contributed by atoms with Gasteiger partial charge in [0.25, 0.3) is 0 Å². The zero-order chi connectivity index (χ0) is 14.4.